The molecule has 0 saturated carbocycles. The van der Waals surface area contributed by atoms with Crippen LogP contribution in [0.1, 0.15) is 13.8 Å². The van der Waals surface area contributed by atoms with E-state index in [9.17, 15) is 0 Å². The van der Waals surface area contributed by atoms with E-state index in [0.717, 1.165) is 19.6 Å². The van der Waals surface area contributed by atoms with Gasteiger partial charge in [-0.2, -0.15) is 0 Å². The van der Waals surface area contributed by atoms with Gasteiger partial charge < -0.3 is 22.1 Å². The average molecular weight is 174 g/mol. The molecule has 4 nitrogen and oxygen atoms in total. The van der Waals surface area contributed by atoms with Crippen LogP contribution >= 0.6 is 0 Å². The number of hydrogen-bond donors (Lipinski definition) is 4. The zero-order valence-electron chi connectivity index (χ0n) is 8.14. The molecule has 0 aliphatic heterocycles. The number of nitrogens with two attached hydrogens (primary N) is 2. The molecule has 0 aromatic heterocycles. The van der Waals surface area contributed by atoms with Crippen molar-refractivity contribution in [1.29, 1.82) is 0 Å². The molecule has 0 rings (SSSR count). The summed E-state index contributed by atoms with van der Waals surface area (Å²) < 4.78 is 0. The summed E-state index contributed by atoms with van der Waals surface area (Å²) in [5.74, 6) is 0. The molecular formula is C8H22N4. The summed E-state index contributed by atoms with van der Waals surface area (Å²) in [6, 6.07) is 0.685. The van der Waals surface area contributed by atoms with E-state index in [1.165, 1.54) is 0 Å². The van der Waals surface area contributed by atoms with Crippen molar-refractivity contribution in [1.82, 2.24) is 10.6 Å². The van der Waals surface area contributed by atoms with Gasteiger partial charge in [0, 0.05) is 38.3 Å². The molecule has 0 spiro atoms. The molecule has 0 aromatic carbocycles. The van der Waals surface area contributed by atoms with Gasteiger partial charge in [0.25, 0.3) is 0 Å². The van der Waals surface area contributed by atoms with Crippen LogP contribution in [0.4, 0.5) is 0 Å². The van der Waals surface area contributed by atoms with E-state index >= 15 is 0 Å². The second-order valence-electron chi connectivity index (χ2n) is 3.28. The van der Waals surface area contributed by atoms with Crippen LogP contribution in [0.25, 0.3) is 0 Å². The minimum absolute atomic E-state index is 0.224. The lowest BCUT2D eigenvalue weighted by Gasteiger charge is -2.15. The van der Waals surface area contributed by atoms with Crippen LogP contribution < -0.4 is 22.1 Å². The molecule has 74 valence electrons. The fourth-order valence-electron chi connectivity index (χ4n) is 0.880. The molecular weight excluding hydrogens is 152 g/mol. The Balaban J connectivity index is 3.15. The van der Waals surface area contributed by atoms with Gasteiger partial charge in [0.05, 0.1) is 0 Å². The third-order valence-electron chi connectivity index (χ3n) is 1.56. The SMILES string of the molecule is CC(N)CNC(C)CNCCN. The second-order valence-corrected chi connectivity index (χ2v) is 3.28. The quantitative estimate of drug-likeness (QED) is 0.368. The first kappa shape index (κ1) is 11.8. The minimum Gasteiger partial charge on any atom is -0.329 e. The van der Waals surface area contributed by atoms with E-state index in [0.29, 0.717) is 12.6 Å². The van der Waals surface area contributed by atoms with Crippen molar-refractivity contribution in [2.24, 2.45) is 11.5 Å². The standard InChI is InChI=1S/C8H22N4/c1-7(10)5-12-8(2)6-11-4-3-9/h7-8,11-12H,3-6,9-10H2,1-2H3. The molecule has 0 saturated heterocycles. The van der Waals surface area contributed by atoms with Crippen molar-refractivity contribution in [3.8, 4) is 0 Å². The van der Waals surface area contributed by atoms with Gasteiger partial charge in [-0.25, -0.2) is 0 Å². The molecule has 2 unspecified atom stereocenters. The van der Waals surface area contributed by atoms with Gasteiger partial charge in [-0.1, -0.05) is 0 Å². The molecule has 0 aliphatic rings. The molecule has 12 heavy (non-hydrogen) atoms. The molecule has 0 aromatic rings. The van der Waals surface area contributed by atoms with Gasteiger partial charge in [-0.3, -0.25) is 0 Å². The Morgan fingerprint density at radius 2 is 1.92 bits per heavy atom. The van der Waals surface area contributed by atoms with Crippen molar-refractivity contribution in [3.63, 3.8) is 0 Å². The van der Waals surface area contributed by atoms with Crippen molar-refractivity contribution in [2.75, 3.05) is 26.2 Å². The zero-order valence-corrected chi connectivity index (χ0v) is 8.14. The topological polar surface area (TPSA) is 76.1 Å². The largest absolute Gasteiger partial charge is 0.329 e. The monoisotopic (exact) mass is 174 g/mol. The molecule has 0 heterocycles. The predicted octanol–water partition coefficient (Wildman–Crippen LogP) is -1.14. The Labute approximate surface area is 75.1 Å². The van der Waals surface area contributed by atoms with Crippen LogP contribution in [0.5, 0.6) is 0 Å². The maximum Gasteiger partial charge on any atom is 0.0164 e. The molecule has 2 atom stereocenters. The fourth-order valence-corrected chi connectivity index (χ4v) is 0.880. The summed E-state index contributed by atoms with van der Waals surface area (Å²) in [6.07, 6.45) is 0. The summed E-state index contributed by atoms with van der Waals surface area (Å²) in [7, 11) is 0. The summed E-state index contributed by atoms with van der Waals surface area (Å²) in [6.45, 7) is 7.51. The van der Waals surface area contributed by atoms with E-state index in [2.05, 4.69) is 17.6 Å². The van der Waals surface area contributed by atoms with Gasteiger partial charge in [0.15, 0.2) is 0 Å². The molecule has 0 aliphatic carbocycles. The van der Waals surface area contributed by atoms with Crippen LogP contribution in [0.3, 0.4) is 0 Å². The maximum absolute atomic E-state index is 5.59. The molecule has 6 N–H and O–H groups in total. The average Bonchev–Trinajstić information content (AvgIpc) is 2.01. The highest BCUT2D eigenvalue weighted by atomic mass is 15.0. The number of nitrogens with one attached hydrogen (secondary N) is 2. The lowest BCUT2D eigenvalue weighted by Crippen LogP contribution is -2.42. The van der Waals surface area contributed by atoms with Crippen molar-refractivity contribution in [3.05, 3.63) is 0 Å². The zero-order chi connectivity index (χ0) is 9.40. The lowest BCUT2D eigenvalue weighted by molar-refractivity contribution is 0.486. The maximum atomic E-state index is 5.59. The van der Waals surface area contributed by atoms with Crippen LogP contribution in [0.2, 0.25) is 0 Å². The third kappa shape index (κ3) is 7.94. The molecule has 0 radical (unpaired) electrons. The van der Waals surface area contributed by atoms with Gasteiger partial charge in [-0.15, -0.1) is 0 Å². The smallest absolute Gasteiger partial charge is 0.0164 e. The molecule has 0 amide bonds. The Morgan fingerprint density at radius 1 is 1.25 bits per heavy atom. The first-order valence-electron chi connectivity index (χ1n) is 4.56. The van der Waals surface area contributed by atoms with Gasteiger partial charge >= 0.3 is 0 Å². The summed E-state index contributed by atoms with van der Waals surface area (Å²) >= 11 is 0. The summed E-state index contributed by atoms with van der Waals surface area (Å²) in [5.41, 5.74) is 10.9. The summed E-state index contributed by atoms with van der Waals surface area (Å²) in [5, 5.41) is 6.54. The second kappa shape index (κ2) is 7.49. The first-order chi connectivity index (χ1) is 5.66. The molecule has 4 heteroatoms. The van der Waals surface area contributed by atoms with Gasteiger partial charge in [0.1, 0.15) is 0 Å². The Hall–Kier alpha value is -0.160. The fraction of sp³-hybridized carbons (Fsp3) is 1.00. The van der Waals surface area contributed by atoms with E-state index in [-0.39, 0.29) is 6.04 Å². The Bertz CT molecular complexity index is 95.1. The van der Waals surface area contributed by atoms with Crippen LogP contribution in [-0.4, -0.2) is 38.3 Å². The number of hydrogen-bond acceptors (Lipinski definition) is 4. The lowest BCUT2D eigenvalue weighted by atomic mass is 10.3. The molecule has 0 fully saturated rings. The van der Waals surface area contributed by atoms with Crippen LogP contribution in [0.15, 0.2) is 0 Å². The van der Waals surface area contributed by atoms with E-state index in [4.69, 9.17) is 11.5 Å². The predicted molar refractivity (Wildman–Crippen MR) is 53.0 cm³/mol. The minimum atomic E-state index is 0.224. The number of rotatable bonds is 7. The van der Waals surface area contributed by atoms with Crippen molar-refractivity contribution < 1.29 is 0 Å². The first-order valence-corrected chi connectivity index (χ1v) is 4.56. The molecule has 0 bridgehead atoms. The highest BCUT2D eigenvalue weighted by Gasteiger charge is 2.00. The highest BCUT2D eigenvalue weighted by Crippen LogP contribution is 1.79. The summed E-state index contributed by atoms with van der Waals surface area (Å²) in [4.78, 5) is 0. The van der Waals surface area contributed by atoms with Gasteiger partial charge in [-0.05, 0) is 13.8 Å². The van der Waals surface area contributed by atoms with E-state index < -0.39 is 0 Å². The Kier molecular flexibility index (Phi) is 7.39. The third-order valence-corrected chi connectivity index (χ3v) is 1.56. The van der Waals surface area contributed by atoms with Crippen molar-refractivity contribution >= 4 is 0 Å². The Morgan fingerprint density at radius 3 is 2.42 bits per heavy atom. The van der Waals surface area contributed by atoms with Crippen LogP contribution in [-0.2, 0) is 0 Å². The van der Waals surface area contributed by atoms with Gasteiger partial charge in [0.2, 0.25) is 0 Å². The van der Waals surface area contributed by atoms with Crippen molar-refractivity contribution in [2.45, 2.75) is 25.9 Å². The normalized spacial score (nSPS) is 16.0. The van der Waals surface area contributed by atoms with E-state index in [1.807, 2.05) is 6.92 Å². The van der Waals surface area contributed by atoms with E-state index in [1.54, 1.807) is 0 Å². The van der Waals surface area contributed by atoms with Crippen LogP contribution in [0, 0.1) is 0 Å². The highest BCUT2D eigenvalue weighted by molar-refractivity contribution is 4.66.